The van der Waals surface area contributed by atoms with Crippen LogP contribution in [0.5, 0.6) is 0 Å². The predicted molar refractivity (Wildman–Crippen MR) is 64.1 cm³/mol. The standard InChI is InChI=1S/C11H7Cl2FN2/c12-6-1-2-8(9(13)3-6)11-10(15)4-7(14)5-16-11/h1-5H,15H2. The van der Waals surface area contributed by atoms with Crippen molar-refractivity contribution in [3.63, 3.8) is 0 Å². The Labute approximate surface area is 102 Å². The molecule has 1 aromatic heterocycles. The highest BCUT2D eigenvalue weighted by Crippen LogP contribution is 2.32. The number of anilines is 1. The van der Waals surface area contributed by atoms with Crippen LogP contribution in [0, 0.1) is 5.82 Å². The minimum Gasteiger partial charge on any atom is -0.397 e. The average molecular weight is 257 g/mol. The summed E-state index contributed by atoms with van der Waals surface area (Å²) in [6, 6.07) is 6.16. The third-order valence-electron chi connectivity index (χ3n) is 2.07. The molecule has 16 heavy (non-hydrogen) atoms. The number of aromatic nitrogens is 1. The van der Waals surface area contributed by atoms with E-state index in [1.165, 1.54) is 6.07 Å². The van der Waals surface area contributed by atoms with Crippen LogP contribution in [0.3, 0.4) is 0 Å². The molecular weight excluding hydrogens is 250 g/mol. The van der Waals surface area contributed by atoms with Gasteiger partial charge in [-0.1, -0.05) is 23.2 Å². The minimum absolute atomic E-state index is 0.240. The quantitative estimate of drug-likeness (QED) is 0.844. The average Bonchev–Trinajstić information content (AvgIpc) is 2.19. The lowest BCUT2D eigenvalue weighted by atomic mass is 10.1. The van der Waals surface area contributed by atoms with Crippen molar-refractivity contribution in [1.82, 2.24) is 4.98 Å². The normalized spacial score (nSPS) is 10.4. The summed E-state index contributed by atoms with van der Waals surface area (Å²) >= 11 is 11.8. The fourth-order valence-electron chi connectivity index (χ4n) is 1.36. The van der Waals surface area contributed by atoms with Crippen LogP contribution < -0.4 is 5.73 Å². The van der Waals surface area contributed by atoms with Gasteiger partial charge < -0.3 is 5.73 Å². The topological polar surface area (TPSA) is 38.9 Å². The Morgan fingerprint density at radius 2 is 1.94 bits per heavy atom. The van der Waals surface area contributed by atoms with Crippen molar-refractivity contribution in [1.29, 1.82) is 0 Å². The van der Waals surface area contributed by atoms with Crippen LogP contribution in [0.4, 0.5) is 10.1 Å². The summed E-state index contributed by atoms with van der Waals surface area (Å²) in [5, 5.41) is 0.952. The van der Waals surface area contributed by atoms with Crippen molar-refractivity contribution < 1.29 is 4.39 Å². The van der Waals surface area contributed by atoms with Gasteiger partial charge in [-0.25, -0.2) is 4.39 Å². The molecule has 0 aliphatic heterocycles. The van der Waals surface area contributed by atoms with Crippen molar-refractivity contribution >= 4 is 28.9 Å². The number of hydrogen-bond acceptors (Lipinski definition) is 2. The van der Waals surface area contributed by atoms with E-state index in [-0.39, 0.29) is 5.69 Å². The monoisotopic (exact) mass is 256 g/mol. The van der Waals surface area contributed by atoms with Gasteiger partial charge in [-0.05, 0) is 18.2 Å². The van der Waals surface area contributed by atoms with E-state index in [0.717, 1.165) is 6.20 Å². The maximum Gasteiger partial charge on any atom is 0.143 e. The van der Waals surface area contributed by atoms with E-state index in [1.54, 1.807) is 18.2 Å². The second-order valence-corrected chi connectivity index (χ2v) is 4.06. The van der Waals surface area contributed by atoms with Crippen molar-refractivity contribution in [2.24, 2.45) is 0 Å². The molecule has 0 amide bonds. The molecule has 2 rings (SSSR count). The smallest absolute Gasteiger partial charge is 0.143 e. The third kappa shape index (κ3) is 2.10. The number of rotatable bonds is 1. The second-order valence-electron chi connectivity index (χ2n) is 3.22. The molecule has 82 valence electrons. The highest BCUT2D eigenvalue weighted by atomic mass is 35.5. The van der Waals surface area contributed by atoms with Crippen LogP contribution in [0.2, 0.25) is 10.0 Å². The summed E-state index contributed by atoms with van der Waals surface area (Å²) in [5.74, 6) is -0.480. The highest BCUT2D eigenvalue weighted by Gasteiger charge is 2.09. The fourth-order valence-corrected chi connectivity index (χ4v) is 1.86. The summed E-state index contributed by atoms with van der Waals surface area (Å²) in [7, 11) is 0. The zero-order valence-electron chi connectivity index (χ0n) is 8.05. The molecular formula is C11H7Cl2FN2. The van der Waals surface area contributed by atoms with Crippen molar-refractivity contribution in [3.05, 3.63) is 46.3 Å². The molecule has 0 bridgehead atoms. The maximum atomic E-state index is 12.8. The first kappa shape index (κ1) is 11.2. The third-order valence-corrected chi connectivity index (χ3v) is 2.62. The van der Waals surface area contributed by atoms with Gasteiger partial charge in [0.2, 0.25) is 0 Å². The van der Waals surface area contributed by atoms with Crippen LogP contribution in [0.25, 0.3) is 11.3 Å². The Kier molecular flexibility index (Phi) is 2.99. The lowest BCUT2D eigenvalue weighted by Gasteiger charge is -2.06. The first-order chi connectivity index (χ1) is 7.58. The Hall–Kier alpha value is -1.32. The number of pyridine rings is 1. The summed E-state index contributed by atoms with van der Waals surface area (Å²) in [5.41, 5.74) is 6.98. The number of benzene rings is 1. The molecule has 0 aliphatic rings. The molecule has 0 saturated carbocycles. The molecule has 2 nitrogen and oxygen atoms in total. The number of halogens is 3. The van der Waals surface area contributed by atoms with Gasteiger partial charge in [0, 0.05) is 16.7 Å². The molecule has 2 aromatic rings. The molecule has 0 saturated heterocycles. The maximum absolute atomic E-state index is 12.8. The first-order valence-electron chi connectivity index (χ1n) is 4.44. The van der Waals surface area contributed by atoms with Gasteiger partial charge in [-0.15, -0.1) is 0 Å². The zero-order chi connectivity index (χ0) is 11.7. The molecule has 2 N–H and O–H groups in total. The fraction of sp³-hybridized carbons (Fsp3) is 0. The minimum atomic E-state index is -0.480. The lowest BCUT2D eigenvalue weighted by Crippen LogP contribution is -1.95. The van der Waals surface area contributed by atoms with E-state index in [1.807, 2.05) is 0 Å². The molecule has 0 fully saturated rings. The predicted octanol–water partition coefficient (Wildman–Crippen LogP) is 3.78. The zero-order valence-corrected chi connectivity index (χ0v) is 9.56. The van der Waals surface area contributed by atoms with E-state index in [2.05, 4.69) is 4.98 Å². The molecule has 1 aromatic carbocycles. The molecule has 0 radical (unpaired) electrons. The Bertz CT molecular complexity index is 494. The SMILES string of the molecule is Nc1cc(F)cnc1-c1ccc(Cl)cc1Cl. The molecule has 0 unspecified atom stereocenters. The van der Waals surface area contributed by atoms with Gasteiger partial charge in [0.1, 0.15) is 5.82 Å². The van der Waals surface area contributed by atoms with E-state index >= 15 is 0 Å². The molecule has 0 spiro atoms. The van der Waals surface area contributed by atoms with Gasteiger partial charge in [0.15, 0.2) is 0 Å². The first-order valence-corrected chi connectivity index (χ1v) is 5.20. The Morgan fingerprint density at radius 3 is 2.56 bits per heavy atom. The second kappa shape index (κ2) is 4.28. The summed E-state index contributed by atoms with van der Waals surface area (Å²) in [6.07, 6.45) is 1.09. The van der Waals surface area contributed by atoms with E-state index in [4.69, 9.17) is 28.9 Å². The molecule has 0 aliphatic carbocycles. The van der Waals surface area contributed by atoms with Crippen LogP contribution in [-0.2, 0) is 0 Å². The molecule has 5 heteroatoms. The number of nitrogens with two attached hydrogens (primary N) is 1. The van der Waals surface area contributed by atoms with Crippen LogP contribution in [0.1, 0.15) is 0 Å². The van der Waals surface area contributed by atoms with E-state index < -0.39 is 5.82 Å². The molecule has 0 atom stereocenters. The summed E-state index contributed by atoms with van der Waals surface area (Å²) < 4.78 is 12.8. The van der Waals surface area contributed by atoms with Crippen LogP contribution in [-0.4, -0.2) is 4.98 Å². The van der Waals surface area contributed by atoms with Gasteiger partial charge in [0.25, 0.3) is 0 Å². The van der Waals surface area contributed by atoms with E-state index in [0.29, 0.717) is 21.3 Å². The lowest BCUT2D eigenvalue weighted by molar-refractivity contribution is 0.622. The molecule has 1 heterocycles. The number of hydrogen-bond donors (Lipinski definition) is 1. The van der Waals surface area contributed by atoms with Gasteiger partial charge in [-0.2, -0.15) is 0 Å². The van der Waals surface area contributed by atoms with Crippen molar-refractivity contribution in [2.75, 3.05) is 5.73 Å². The Balaban J connectivity index is 2.59. The van der Waals surface area contributed by atoms with Crippen LogP contribution in [0.15, 0.2) is 30.5 Å². The Morgan fingerprint density at radius 1 is 1.19 bits per heavy atom. The van der Waals surface area contributed by atoms with Crippen LogP contribution >= 0.6 is 23.2 Å². The van der Waals surface area contributed by atoms with Gasteiger partial charge >= 0.3 is 0 Å². The highest BCUT2D eigenvalue weighted by molar-refractivity contribution is 6.36. The van der Waals surface area contributed by atoms with Crippen molar-refractivity contribution in [2.45, 2.75) is 0 Å². The number of nitrogens with zero attached hydrogens (tertiary/aromatic N) is 1. The summed E-state index contributed by atoms with van der Waals surface area (Å²) in [6.45, 7) is 0. The van der Waals surface area contributed by atoms with E-state index in [9.17, 15) is 4.39 Å². The number of nitrogen functional groups attached to an aromatic ring is 1. The largest absolute Gasteiger partial charge is 0.397 e. The van der Waals surface area contributed by atoms with Gasteiger partial charge in [-0.3, -0.25) is 4.98 Å². The van der Waals surface area contributed by atoms with Crippen molar-refractivity contribution in [3.8, 4) is 11.3 Å². The summed E-state index contributed by atoms with van der Waals surface area (Å²) in [4.78, 5) is 3.91. The van der Waals surface area contributed by atoms with Gasteiger partial charge in [0.05, 0.1) is 22.6 Å².